The number of carbonyl (C=O) groups excluding carboxylic acids is 1. The molecule has 0 radical (unpaired) electrons. The number of benzene rings is 1. The lowest BCUT2D eigenvalue weighted by atomic mass is 10.0. The normalized spacial score (nSPS) is 15.6. The molecule has 146 valence electrons. The van der Waals surface area contributed by atoms with E-state index in [2.05, 4.69) is 26.6 Å². The molecule has 1 unspecified atom stereocenters. The quantitative estimate of drug-likeness (QED) is 0.531. The standard InChI is InChI=1S/C21H24N4OS2/c26-19(14-28-21-22-18(24-25-21)13-15-7-4-5-8-15)23-20(17-11-6-12-27-17)16-9-2-1-3-10-16/h1-3,6,9-12,15,20H,4-5,7-8,13-14H2,(H,23,26)(H,22,24,25). The van der Waals surface area contributed by atoms with Crippen LogP contribution in [0.4, 0.5) is 0 Å². The Bertz CT molecular complexity index is 873. The SMILES string of the molecule is O=C(CSc1n[nH]c(CC2CCCC2)n1)NC(c1ccccc1)c1cccs1. The molecular weight excluding hydrogens is 388 g/mol. The number of amides is 1. The van der Waals surface area contributed by atoms with E-state index in [0.29, 0.717) is 10.9 Å². The number of aromatic amines is 1. The number of nitrogens with zero attached hydrogens (tertiary/aromatic N) is 2. The smallest absolute Gasteiger partial charge is 0.231 e. The second-order valence-corrected chi connectivity index (χ2v) is 9.06. The van der Waals surface area contributed by atoms with Gasteiger partial charge in [-0.05, 0) is 22.9 Å². The lowest BCUT2D eigenvalue weighted by molar-refractivity contribution is -0.119. The highest BCUT2D eigenvalue weighted by molar-refractivity contribution is 7.99. The van der Waals surface area contributed by atoms with Crippen molar-refractivity contribution in [3.05, 3.63) is 64.1 Å². The molecule has 0 bridgehead atoms. The maximum absolute atomic E-state index is 12.6. The zero-order chi connectivity index (χ0) is 19.2. The zero-order valence-corrected chi connectivity index (χ0v) is 17.3. The van der Waals surface area contributed by atoms with E-state index >= 15 is 0 Å². The van der Waals surface area contributed by atoms with Crippen molar-refractivity contribution in [3.8, 4) is 0 Å². The summed E-state index contributed by atoms with van der Waals surface area (Å²) in [5.74, 6) is 1.95. The number of hydrogen-bond acceptors (Lipinski definition) is 5. The number of thioether (sulfide) groups is 1. The van der Waals surface area contributed by atoms with E-state index in [1.807, 2.05) is 41.8 Å². The maximum Gasteiger partial charge on any atom is 0.231 e. The molecular formula is C21H24N4OS2. The molecule has 0 saturated heterocycles. The molecule has 1 fully saturated rings. The first kappa shape index (κ1) is 19.2. The van der Waals surface area contributed by atoms with E-state index in [9.17, 15) is 4.79 Å². The highest BCUT2D eigenvalue weighted by atomic mass is 32.2. The van der Waals surface area contributed by atoms with E-state index < -0.39 is 0 Å². The van der Waals surface area contributed by atoms with Gasteiger partial charge in [0.15, 0.2) is 0 Å². The molecule has 1 aromatic carbocycles. The van der Waals surface area contributed by atoms with Gasteiger partial charge in [-0.15, -0.1) is 16.4 Å². The Hall–Kier alpha value is -2.12. The molecule has 1 aliphatic rings. The fourth-order valence-electron chi connectivity index (χ4n) is 3.67. The van der Waals surface area contributed by atoms with Crippen molar-refractivity contribution in [3.63, 3.8) is 0 Å². The van der Waals surface area contributed by atoms with Crippen molar-refractivity contribution < 1.29 is 4.79 Å². The van der Waals surface area contributed by atoms with E-state index in [1.54, 1.807) is 11.3 Å². The average molecular weight is 413 g/mol. The fraction of sp³-hybridized carbons (Fsp3) is 0.381. The Morgan fingerprint density at radius 3 is 2.79 bits per heavy atom. The van der Waals surface area contributed by atoms with Crippen LogP contribution < -0.4 is 5.32 Å². The van der Waals surface area contributed by atoms with Gasteiger partial charge >= 0.3 is 0 Å². The first-order valence-electron chi connectivity index (χ1n) is 9.70. The highest BCUT2D eigenvalue weighted by Crippen LogP contribution is 2.28. The van der Waals surface area contributed by atoms with Crippen LogP contribution in [0.2, 0.25) is 0 Å². The molecule has 1 aliphatic carbocycles. The summed E-state index contributed by atoms with van der Waals surface area (Å²) in [4.78, 5) is 18.3. The average Bonchev–Trinajstić information content (AvgIpc) is 3.49. The lowest BCUT2D eigenvalue weighted by Gasteiger charge is -2.17. The summed E-state index contributed by atoms with van der Waals surface area (Å²) in [6.07, 6.45) is 6.19. The monoisotopic (exact) mass is 412 g/mol. The van der Waals surface area contributed by atoms with Gasteiger partial charge in [-0.3, -0.25) is 9.89 Å². The van der Waals surface area contributed by atoms with Crippen molar-refractivity contribution >= 4 is 29.0 Å². The third-order valence-corrected chi connectivity index (χ3v) is 6.85. The highest BCUT2D eigenvalue weighted by Gasteiger charge is 2.19. The van der Waals surface area contributed by atoms with Crippen LogP contribution >= 0.6 is 23.1 Å². The molecule has 2 heterocycles. The molecule has 2 N–H and O–H groups in total. The third kappa shape index (κ3) is 5.02. The van der Waals surface area contributed by atoms with Crippen LogP contribution in [0.3, 0.4) is 0 Å². The molecule has 7 heteroatoms. The van der Waals surface area contributed by atoms with Crippen molar-refractivity contribution in [1.82, 2.24) is 20.5 Å². The van der Waals surface area contributed by atoms with Gasteiger partial charge in [0.1, 0.15) is 5.82 Å². The molecule has 2 aromatic heterocycles. The molecule has 28 heavy (non-hydrogen) atoms. The number of aromatic nitrogens is 3. The van der Waals surface area contributed by atoms with Crippen LogP contribution in [0.5, 0.6) is 0 Å². The number of nitrogens with one attached hydrogen (secondary N) is 2. The maximum atomic E-state index is 12.6. The number of rotatable bonds is 8. The summed E-state index contributed by atoms with van der Waals surface area (Å²) in [6.45, 7) is 0. The third-order valence-electron chi connectivity index (χ3n) is 5.07. The van der Waals surface area contributed by atoms with Gasteiger partial charge in [-0.25, -0.2) is 4.98 Å². The van der Waals surface area contributed by atoms with Crippen LogP contribution in [0, 0.1) is 5.92 Å². The van der Waals surface area contributed by atoms with E-state index in [1.165, 1.54) is 37.4 Å². The van der Waals surface area contributed by atoms with Crippen molar-refractivity contribution in [2.24, 2.45) is 5.92 Å². The van der Waals surface area contributed by atoms with E-state index in [0.717, 1.165) is 28.6 Å². The summed E-state index contributed by atoms with van der Waals surface area (Å²) in [5.41, 5.74) is 1.08. The van der Waals surface area contributed by atoms with Gasteiger partial charge in [0.2, 0.25) is 11.1 Å². The van der Waals surface area contributed by atoms with Gasteiger partial charge in [-0.2, -0.15) is 0 Å². The first-order valence-corrected chi connectivity index (χ1v) is 11.6. The lowest BCUT2D eigenvalue weighted by Crippen LogP contribution is -2.30. The second-order valence-electron chi connectivity index (χ2n) is 7.13. The molecule has 1 atom stereocenters. The molecule has 5 nitrogen and oxygen atoms in total. The van der Waals surface area contributed by atoms with Gasteiger partial charge in [-0.1, -0.05) is 73.8 Å². The van der Waals surface area contributed by atoms with Gasteiger partial charge < -0.3 is 5.32 Å². The number of carbonyl (C=O) groups is 1. The van der Waals surface area contributed by atoms with E-state index in [-0.39, 0.29) is 11.9 Å². The Morgan fingerprint density at radius 1 is 1.21 bits per heavy atom. The fourth-order valence-corrected chi connectivity index (χ4v) is 5.11. The summed E-state index contributed by atoms with van der Waals surface area (Å²) >= 11 is 3.03. The number of H-pyrrole nitrogens is 1. The summed E-state index contributed by atoms with van der Waals surface area (Å²) < 4.78 is 0. The van der Waals surface area contributed by atoms with E-state index in [4.69, 9.17) is 0 Å². The minimum atomic E-state index is -0.126. The Labute approximate surface area is 173 Å². The minimum Gasteiger partial charge on any atom is -0.344 e. The molecule has 1 saturated carbocycles. The van der Waals surface area contributed by atoms with Crippen LogP contribution in [-0.2, 0) is 11.2 Å². The van der Waals surface area contributed by atoms with Crippen LogP contribution in [0.25, 0.3) is 0 Å². The predicted molar refractivity (Wildman–Crippen MR) is 114 cm³/mol. The first-order chi connectivity index (χ1) is 13.8. The molecule has 0 aliphatic heterocycles. The topological polar surface area (TPSA) is 70.7 Å². The zero-order valence-electron chi connectivity index (χ0n) is 15.6. The Kier molecular flexibility index (Phi) is 6.44. The minimum absolute atomic E-state index is 0.0191. The molecule has 4 rings (SSSR count). The Morgan fingerprint density at radius 2 is 2.04 bits per heavy atom. The van der Waals surface area contributed by atoms with Crippen molar-refractivity contribution in [1.29, 1.82) is 0 Å². The summed E-state index contributed by atoms with van der Waals surface area (Å²) in [7, 11) is 0. The number of thiophene rings is 1. The molecule has 1 amide bonds. The van der Waals surface area contributed by atoms with Gasteiger partial charge in [0.25, 0.3) is 0 Å². The van der Waals surface area contributed by atoms with Crippen LogP contribution in [0.1, 0.15) is 48.0 Å². The molecule has 0 spiro atoms. The van der Waals surface area contributed by atoms with Crippen molar-refractivity contribution in [2.75, 3.05) is 5.75 Å². The Balaban J connectivity index is 1.33. The predicted octanol–water partition coefficient (Wildman–Crippen LogP) is 4.60. The second kappa shape index (κ2) is 9.39. The summed E-state index contributed by atoms with van der Waals surface area (Å²) in [5, 5.41) is 13.1. The number of hydrogen-bond donors (Lipinski definition) is 2. The van der Waals surface area contributed by atoms with Crippen molar-refractivity contribution in [2.45, 2.75) is 43.3 Å². The molecule has 3 aromatic rings. The van der Waals surface area contributed by atoms with Crippen LogP contribution in [0.15, 0.2) is 53.0 Å². The summed E-state index contributed by atoms with van der Waals surface area (Å²) in [6, 6.07) is 14.0. The van der Waals surface area contributed by atoms with Crippen LogP contribution in [-0.4, -0.2) is 26.8 Å². The van der Waals surface area contributed by atoms with Gasteiger partial charge in [0, 0.05) is 11.3 Å². The largest absolute Gasteiger partial charge is 0.344 e. The van der Waals surface area contributed by atoms with Gasteiger partial charge in [0.05, 0.1) is 11.8 Å².